The Bertz CT molecular complexity index is 488. The zero-order valence-corrected chi connectivity index (χ0v) is 12.8. The van der Waals surface area contributed by atoms with Gasteiger partial charge in [-0.25, -0.2) is 4.79 Å². The van der Waals surface area contributed by atoms with E-state index in [4.69, 9.17) is 5.73 Å². The van der Waals surface area contributed by atoms with Gasteiger partial charge in [-0.15, -0.1) is 12.4 Å². The highest BCUT2D eigenvalue weighted by molar-refractivity contribution is 5.87. The lowest BCUT2D eigenvalue weighted by atomic mass is 9.92. The molecule has 0 aromatic heterocycles. The lowest BCUT2D eigenvalue weighted by Crippen LogP contribution is -2.49. The smallest absolute Gasteiger partial charge is 0.326 e. The number of rotatable bonds is 6. The predicted molar refractivity (Wildman–Crippen MR) is 81.5 cm³/mol. The van der Waals surface area contributed by atoms with Crippen LogP contribution in [0.15, 0.2) is 24.3 Å². The summed E-state index contributed by atoms with van der Waals surface area (Å²) in [7, 11) is 0. The highest BCUT2D eigenvalue weighted by Crippen LogP contribution is 2.15. The zero-order chi connectivity index (χ0) is 15.3. The Balaban J connectivity index is 0.00000400. The third-order valence-corrected chi connectivity index (χ3v) is 3.10. The molecule has 1 amide bonds. The number of nitrogens with two attached hydrogens (primary N) is 1. The molecule has 7 heteroatoms. The minimum absolute atomic E-state index is 0. The number of hydrogen-bond donors (Lipinski definition) is 4. The van der Waals surface area contributed by atoms with E-state index in [1.54, 1.807) is 26.0 Å². The molecule has 0 aliphatic carbocycles. The van der Waals surface area contributed by atoms with Gasteiger partial charge in [0.1, 0.15) is 11.8 Å². The molecule has 0 spiro atoms. The van der Waals surface area contributed by atoms with E-state index in [0.717, 1.165) is 0 Å². The van der Waals surface area contributed by atoms with Crippen LogP contribution in [0.5, 0.6) is 5.75 Å². The fraction of sp³-hybridized carbons (Fsp3) is 0.429. The van der Waals surface area contributed by atoms with Crippen LogP contribution in [0.4, 0.5) is 0 Å². The number of benzene rings is 1. The van der Waals surface area contributed by atoms with Crippen LogP contribution in [0.2, 0.25) is 0 Å². The SMILES string of the molecule is CC(C)(CN)C(=O)N[C@@H](Cc1ccc(O)cc1)C(=O)O.Cl. The molecule has 0 saturated heterocycles. The first-order valence-corrected chi connectivity index (χ1v) is 6.28. The molecule has 1 atom stereocenters. The molecule has 5 N–H and O–H groups in total. The molecule has 0 heterocycles. The fourth-order valence-electron chi connectivity index (χ4n) is 1.51. The number of carbonyl (C=O) groups is 2. The molecular weight excluding hydrogens is 296 g/mol. The van der Waals surface area contributed by atoms with E-state index in [1.165, 1.54) is 12.1 Å². The Morgan fingerprint density at radius 2 is 1.81 bits per heavy atom. The predicted octanol–water partition coefficient (Wildman–Crippen LogP) is 0.911. The van der Waals surface area contributed by atoms with Gasteiger partial charge in [0.05, 0.1) is 5.41 Å². The first kappa shape index (κ1) is 19.2. The summed E-state index contributed by atoms with van der Waals surface area (Å²) < 4.78 is 0. The fourth-order valence-corrected chi connectivity index (χ4v) is 1.51. The van der Waals surface area contributed by atoms with Crippen molar-refractivity contribution in [3.63, 3.8) is 0 Å². The van der Waals surface area contributed by atoms with E-state index in [-0.39, 0.29) is 31.1 Å². The summed E-state index contributed by atoms with van der Waals surface area (Å²) in [4.78, 5) is 23.2. The van der Waals surface area contributed by atoms with Crippen LogP contribution in [-0.2, 0) is 16.0 Å². The molecule has 0 saturated carbocycles. The summed E-state index contributed by atoms with van der Waals surface area (Å²) >= 11 is 0. The molecule has 118 valence electrons. The highest BCUT2D eigenvalue weighted by Gasteiger charge is 2.30. The third-order valence-electron chi connectivity index (χ3n) is 3.10. The van der Waals surface area contributed by atoms with E-state index in [2.05, 4.69) is 5.32 Å². The van der Waals surface area contributed by atoms with Gasteiger partial charge in [-0.1, -0.05) is 12.1 Å². The number of hydrogen-bond acceptors (Lipinski definition) is 4. The van der Waals surface area contributed by atoms with E-state index < -0.39 is 23.3 Å². The van der Waals surface area contributed by atoms with Crippen molar-refractivity contribution in [3.05, 3.63) is 29.8 Å². The second kappa shape index (κ2) is 7.85. The second-order valence-corrected chi connectivity index (χ2v) is 5.32. The standard InChI is InChI=1S/C14H20N2O4.ClH/c1-14(2,8-15)13(20)16-11(12(18)19)7-9-3-5-10(17)6-4-9;/h3-6,11,17H,7-8,15H2,1-2H3,(H,16,20)(H,18,19);1H/t11-;/m0./s1. The molecule has 0 radical (unpaired) electrons. The number of halogens is 1. The molecule has 6 nitrogen and oxygen atoms in total. The largest absolute Gasteiger partial charge is 0.508 e. The number of carboxylic acids is 1. The molecule has 1 aromatic rings. The highest BCUT2D eigenvalue weighted by atomic mass is 35.5. The lowest BCUT2D eigenvalue weighted by molar-refractivity contribution is -0.143. The summed E-state index contributed by atoms with van der Waals surface area (Å²) in [5.74, 6) is -1.40. The maximum absolute atomic E-state index is 12.0. The van der Waals surface area contributed by atoms with E-state index >= 15 is 0 Å². The van der Waals surface area contributed by atoms with Gasteiger partial charge >= 0.3 is 5.97 Å². The normalized spacial score (nSPS) is 12.1. The van der Waals surface area contributed by atoms with Gasteiger partial charge < -0.3 is 21.3 Å². The second-order valence-electron chi connectivity index (χ2n) is 5.32. The number of amides is 1. The van der Waals surface area contributed by atoms with Crippen LogP contribution < -0.4 is 11.1 Å². The van der Waals surface area contributed by atoms with Gasteiger partial charge in [-0.05, 0) is 31.5 Å². The topological polar surface area (TPSA) is 113 Å². The summed E-state index contributed by atoms with van der Waals surface area (Å²) in [6.07, 6.45) is 0.141. The number of phenols is 1. The van der Waals surface area contributed by atoms with Gasteiger partial charge in [0.2, 0.25) is 5.91 Å². The van der Waals surface area contributed by atoms with E-state index in [9.17, 15) is 19.8 Å². The molecule has 21 heavy (non-hydrogen) atoms. The minimum Gasteiger partial charge on any atom is -0.508 e. The van der Waals surface area contributed by atoms with Gasteiger partial charge in [0.25, 0.3) is 0 Å². The van der Waals surface area contributed by atoms with Crippen molar-refractivity contribution in [2.45, 2.75) is 26.3 Å². The summed E-state index contributed by atoms with van der Waals surface area (Å²) in [5.41, 5.74) is 5.38. The summed E-state index contributed by atoms with van der Waals surface area (Å²) in [6.45, 7) is 3.44. The van der Waals surface area contributed by atoms with Crippen molar-refractivity contribution in [2.24, 2.45) is 11.1 Å². The third kappa shape index (κ3) is 5.61. The number of aromatic hydroxyl groups is 1. The average molecular weight is 317 g/mol. The molecule has 0 bridgehead atoms. The van der Waals surface area contributed by atoms with Crippen LogP contribution in [0.25, 0.3) is 0 Å². The van der Waals surface area contributed by atoms with Crippen molar-refractivity contribution < 1.29 is 19.8 Å². The summed E-state index contributed by atoms with van der Waals surface area (Å²) in [5, 5.41) is 20.9. The minimum atomic E-state index is -1.11. The molecule has 0 aliphatic rings. The number of carbonyl (C=O) groups excluding carboxylic acids is 1. The Morgan fingerprint density at radius 1 is 1.29 bits per heavy atom. The van der Waals surface area contributed by atoms with Crippen LogP contribution in [0.3, 0.4) is 0 Å². The Hall–Kier alpha value is -1.79. The molecule has 0 fully saturated rings. The zero-order valence-electron chi connectivity index (χ0n) is 12.0. The maximum atomic E-state index is 12.0. The number of nitrogens with one attached hydrogen (secondary N) is 1. The van der Waals surface area contributed by atoms with Crippen molar-refractivity contribution in [2.75, 3.05) is 6.54 Å². The first-order valence-electron chi connectivity index (χ1n) is 6.28. The van der Waals surface area contributed by atoms with Crippen LogP contribution >= 0.6 is 12.4 Å². The Morgan fingerprint density at radius 3 is 2.24 bits per heavy atom. The molecule has 1 aromatic carbocycles. The number of aliphatic carboxylic acids is 1. The van der Waals surface area contributed by atoms with E-state index in [0.29, 0.717) is 5.56 Å². The van der Waals surface area contributed by atoms with Gasteiger partial charge in [-0.2, -0.15) is 0 Å². The van der Waals surface area contributed by atoms with Crippen molar-refractivity contribution in [1.82, 2.24) is 5.32 Å². The monoisotopic (exact) mass is 316 g/mol. The maximum Gasteiger partial charge on any atom is 0.326 e. The average Bonchev–Trinajstić information content (AvgIpc) is 2.40. The molecule has 1 rings (SSSR count). The summed E-state index contributed by atoms with van der Waals surface area (Å²) in [6, 6.07) is 5.15. The number of phenolic OH excluding ortho intramolecular Hbond substituents is 1. The molecular formula is C14H21ClN2O4. The lowest BCUT2D eigenvalue weighted by Gasteiger charge is -2.24. The van der Waals surface area contributed by atoms with Gasteiger partial charge in [-0.3, -0.25) is 4.79 Å². The number of carboxylic acid groups (broad SMARTS) is 1. The first-order chi connectivity index (χ1) is 9.26. The van der Waals surface area contributed by atoms with Crippen LogP contribution in [0.1, 0.15) is 19.4 Å². The van der Waals surface area contributed by atoms with Crippen molar-refractivity contribution in [1.29, 1.82) is 0 Å². The van der Waals surface area contributed by atoms with Crippen molar-refractivity contribution in [3.8, 4) is 5.75 Å². The van der Waals surface area contributed by atoms with Gasteiger partial charge in [0.15, 0.2) is 0 Å². The molecule has 0 aliphatic heterocycles. The van der Waals surface area contributed by atoms with Gasteiger partial charge in [0, 0.05) is 13.0 Å². The Kier molecular flexibility index (Phi) is 7.18. The molecule has 0 unspecified atom stereocenters. The van der Waals surface area contributed by atoms with Crippen LogP contribution in [0, 0.1) is 5.41 Å². The van der Waals surface area contributed by atoms with Crippen LogP contribution in [-0.4, -0.2) is 34.7 Å². The van der Waals surface area contributed by atoms with E-state index in [1.807, 2.05) is 0 Å². The Labute approximate surface area is 129 Å². The quantitative estimate of drug-likeness (QED) is 0.623. The van der Waals surface area contributed by atoms with Crippen molar-refractivity contribution >= 4 is 24.3 Å².